The van der Waals surface area contributed by atoms with Gasteiger partial charge in [-0.1, -0.05) is 30.3 Å². The van der Waals surface area contributed by atoms with Crippen LogP contribution in [-0.4, -0.2) is 29.0 Å². The predicted molar refractivity (Wildman–Crippen MR) is 100 cm³/mol. The molecule has 0 bridgehead atoms. The van der Waals surface area contributed by atoms with Gasteiger partial charge >= 0.3 is 0 Å². The molecule has 0 saturated heterocycles. The van der Waals surface area contributed by atoms with E-state index in [1.165, 1.54) is 12.1 Å². The van der Waals surface area contributed by atoms with Gasteiger partial charge in [-0.25, -0.2) is 0 Å². The van der Waals surface area contributed by atoms with E-state index in [0.717, 1.165) is 5.56 Å². The van der Waals surface area contributed by atoms with Crippen molar-refractivity contribution in [3.05, 3.63) is 53.6 Å². The van der Waals surface area contributed by atoms with E-state index in [1.807, 2.05) is 37.3 Å². The van der Waals surface area contributed by atoms with E-state index in [4.69, 9.17) is 9.47 Å². The van der Waals surface area contributed by atoms with Crippen LogP contribution in [0, 0.1) is 0 Å². The highest BCUT2D eigenvalue weighted by atomic mass is 16.5. The van der Waals surface area contributed by atoms with Gasteiger partial charge in [-0.2, -0.15) is 0 Å². The molecule has 27 heavy (non-hydrogen) atoms. The largest absolute Gasteiger partial charge is 0.507 e. The molecule has 1 heterocycles. The average molecular weight is 369 g/mol. The van der Waals surface area contributed by atoms with E-state index >= 15 is 0 Å². The highest BCUT2D eigenvalue weighted by Gasteiger charge is 2.35. The number of ketones is 1. The monoisotopic (exact) mass is 369 g/mol. The Morgan fingerprint density at radius 2 is 2.00 bits per heavy atom. The molecule has 0 aromatic heterocycles. The number of aromatic hydroxyl groups is 1. The van der Waals surface area contributed by atoms with Crippen LogP contribution >= 0.6 is 0 Å². The van der Waals surface area contributed by atoms with Crippen molar-refractivity contribution in [2.75, 3.05) is 6.61 Å². The summed E-state index contributed by atoms with van der Waals surface area (Å²) < 4.78 is 11.3. The number of nitrogens with one attached hydrogen (secondary N) is 1. The first-order chi connectivity index (χ1) is 12.7. The summed E-state index contributed by atoms with van der Waals surface area (Å²) in [5.74, 6) is -0.148. The summed E-state index contributed by atoms with van der Waals surface area (Å²) in [5.41, 5.74) is 0.493. The lowest BCUT2D eigenvalue weighted by atomic mass is 9.92. The van der Waals surface area contributed by atoms with Gasteiger partial charge < -0.3 is 19.9 Å². The highest BCUT2D eigenvalue weighted by molar-refractivity contribution is 6.03. The number of ether oxygens (including phenoxy) is 2. The van der Waals surface area contributed by atoms with E-state index in [1.54, 1.807) is 13.8 Å². The zero-order valence-electron chi connectivity index (χ0n) is 15.6. The van der Waals surface area contributed by atoms with Crippen molar-refractivity contribution in [1.29, 1.82) is 0 Å². The van der Waals surface area contributed by atoms with Crippen molar-refractivity contribution < 1.29 is 24.2 Å². The van der Waals surface area contributed by atoms with E-state index in [2.05, 4.69) is 5.32 Å². The number of Topliss-reactive ketones (excluding diaryl/α,β-unsaturated/α-hetero) is 1. The number of hydrogen-bond acceptors (Lipinski definition) is 5. The lowest BCUT2D eigenvalue weighted by Crippen LogP contribution is -2.36. The summed E-state index contributed by atoms with van der Waals surface area (Å²) in [6, 6.07) is 12.3. The molecule has 142 valence electrons. The second-order valence-electron chi connectivity index (χ2n) is 7.27. The van der Waals surface area contributed by atoms with E-state index in [9.17, 15) is 14.7 Å². The number of hydrogen-bond donors (Lipinski definition) is 2. The highest BCUT2D eigenvalue weighted by Crippen LogP contribution is 2.40. The molecule has 3 rings (SSSR count). The van der Waals surface area contributed by atoms with Crippen LogP contribution in [0.15, 0.2) is 42.5 Å². The Bertz CT molecular complexity index is 860. The van der Waals surface area contributed by atoms with Gasteiger partial charge in [-0.15, -0.1) is 0 Å². The fraction of sp³-hybridized carbons (Fsp3) is 0.333. The quantitative estimate of drug-likeness (QED) is 0.844. The van der Waals surface area contributed by atoms with Crippen LogP contribution in [-0.2, 0) is 4.79 Å². The third kappa shape index (κ3) is 4.39. The standard InChI is InChI=1S/C21H23NO5/c1-13(14-7-5-4-6-8-14)22-19(25)12-26-15-9-16(23)20-17(24)11-21(2,3)27-18(20)10-15/h4-10,13,23H,11-12H2,1-3H3,(H,22,25). The predicted octanol–water partition coefficient (Wildman–Crippen LogP) is 3.39. The van der Waals surface area contributed by atoms with Crippen LogP contribution in [0.3, 0.4) is 0 Å². The average Bonchev–Trinajstić information content (AvgIpc) is 2.58. The van der Waals surface area contributed by atoms with Gasteiger partial charge in [0.25, 0.3) is 5.91 Å². The lowest BCUT2D eigenvalue weighted by Gasteiger charge is -2.32. The Morgan fingerprint density at radius 1 is 1.30 bits per heavy atom. The molecule has 1 aliphatic rings. The van der Waals surface area contributed by atoms with Gasteiger partial charge in [-0.05, 0) is 26.3 Å². The number of benzene rings is 2. The Hall–Kier alpha value is -3.02. The summed E-state index contributed by atoms with van der Waals surface area (Å²) in [5, 5.41) is 13.0. The summed E-state index contributed by atoms with van der Waals surface area (Å²) in [6.07, 6.45) is 0.188. The zero-order valence-corrected chi connectivity index (χ0v) is 15.6. The Balaban J connectivity index is 1.66. The topological polar surface area (TPSA) is 84.9 Å². The van der Waals surface area contributed by atoms with Crippen LogP contribution < -0.4 is 14.8 Å². The van der Waals surface area contributed by atoms with Gasteiger partial charge in [0.15, 0.2) is 12.4 Å². The number of carbonyl (C=O) groups excluding carboxylic acids is 2. The minimum Gasteiger partial charge on any atom is -0.507 e. The molecule has 2 aromatic carbocycles. The number of phenolic OH excluding ortho intramolecular Hbond substituents is 1. The van der Waals surface area contributed by atoms with E-state index < -0.39 is 5.60 Å². The molecule has 6 nitrogen and oxygen atoms in total. The summed E-state index contributed by atoms with van der Waals surface area (Å²) in [4.78, 5) is 24.4. The van der Waals surface area contributed by atoms with Crippen LogP contribution in [0.4, 0.5) is 0 Å². The minimum atomic E-state index is -0.655. The number of carbonyl (C=O) groups is 2. The number of fused-ring (bicyclic) bond motifs is 1. The smallest absolute Gasteiger partial charge is 0.258 e. The first kappa shape index (κ1) is 18.8. The van der Waals surface area contributed by atoms with Crippen LogP contribution in [0.2, 0.25) is 0 Å². The molecule has 1 atom stereocenters. The fourth-order valence-electron chi connectivity index (χ4n) is 3.09. The Kier molecular flexibility index (Phi) is 5.08. The molecule has 2 N–H and O–H groups in total. The third-order valence-corrected chi connectivity index (χ3v) is 4.35. The Labute approximate surface area is 158 Å². The van der Waals surface area contributed by atoms with Gasteiger partial charge in [0.05, 0.1) is 12.5 Å². The van der Waals surface area contributed by atoms with Gasteiger partial charge in [-0.3, -0.25) is 9.59 Å². The Morgan fingerprint density at radius 3 is 2.70 bits per heavy atom. The van der Waals surface area contributed by atoms with Gasteiger partial charge in [0.1, 0.15) is 28.4 Å². The van der Waals surface area contributed by atoms with Gasteiger partial charge in [0.2, 0.25) is 0 Å². The van der Waals surface area contributed by atoms with Crippen molar-refractivity contribution >= 4 is 11.7 Å². The van der Waals surface area contributed by atoms with Crippen molar-refractivity contribution in [2.45, 2.75) is 38.8 Å². The number of amides is 1. The fourth-order valence-corrected chi connectivity index (χ4v) is 3.09. The molecule has 1 unspecified atom stereocenters. The zero-order chi connectivity index (χ0) is 19.6. The van der Waals surface area contributed by atoms with Crippen molar-refractivity contribution in [3.8, 4) is 17.2 Å². The van der Waals surface area contributed by atoms with Crippen LogP contribution in [0.1, 0.15) is 49.2 Å². The van der Waals surface area contributed by atoms with E-state index in [0.29, 0.717) is 0 Å². The summed E-state index contributed by atoms with van der Waals surface area (Å²) in [7, 11) is 0. The second-order valence-corrected chi connectivity index (χ2v) is 7.27. The molecule has 1 amide bonds. The molecule has 1 aliphatic heterocycles. The summed E-state index contributed by atoms with van der Waals surface area (Å²) >= 11 is 0. The molecule has 2 aromatic rings. The maximum absolute atomic E-state index is 12.2. The molecule has 0 radical (unpaired) electrons. The second kappa shape index (κ2) is 7.31. The maximum Gasteiger partial charge on any atom is 0.258 e. The molecular formula is C21H23NO5. The minimum absolute atomic E-state index is 0.152. The lowest BCUT2D eigenvalue weighted by molar-refractivity contribution is -0.123. The number of phenols is 1. The first-order valence-electron chi connectivity index (χ1n) is 8.81. The van der Waals surface area contributed by atoms with Crippen LogP contribution in [0.5, 0.6) is 17.2 Å². The number of rotatable bonds is 5. The molecule has 6 heteroatoms. The molecule has 0 saturated carbocycles. The first-order valence-corrected chi connectivity index (χ1v) is 8.81. The molecule has 0 aliphatic carbocycles. The molecular weight excluding hydrogens is 346 g/mol. The molecule has 0 spiro atoms. The van der Waals surface area contributed by atoms with Crippen LogP contribution in [0.25, 0.3) is 0 Å². The molecule has 0 fully saturated rings. The van der Waals surface area contributed by atoms with Crippen molar-refractivity contribution in [1.82, 2.24) is 5.32 Å². The van der Waals surface area contributed by atoms with E-state index in [-0.39, 0.29) is 53.6 Å². The normalized spacial score (nSPS) is 16.0. The van der Waals surface area contributed by atoms with Crippen molar-refractivity contribution in [2.24, 2.45) is 0 Å². The van der Waals surface area contributed by atoms with Gasteiger partial charge in [0, 0.05) is 12.1 Å². The SMILES string of the molecule is CC(NC(=O)COc1cc(O)c2c(c1)OC(C)(C)CC2=O)c1ccccc1. The maximum atomic E-state index is 12.2. The summed E-state index contributed by atoms with van der Waals surface area (Å²) in [6.45, 7) is 5.28. The van der Waals surface area contributed by atoms with Crippen molar-refractivity contribution in [3.63, 3.8) is 0 Å². The third-order valence-electron chi connectivity index (χ3n) is 4.35.